The van der Waals surface area contributed by atoms with E-state index in [9.17, 15) is 9.59 Å². The van der Waals surface area contributed by atoms with Crippen LogP contribution in [0.5, 0.6) is 0 Å². The number of ether oxygens (including phenoxy) is 5. The van der Waals surface area contributed by atoms with Gasteiger partial charge in [0.1, 0.15) is 12.2 Å². The second-order valence-electron chi connectivity index (χ2n) is 8.56. The number of rotatable bonds is 12. The number of carbonyl (C=O) groups is 2. The fourth-order valence-electron chi connectivity index (χ4n) is 4.04. The average Bonchev–Trinajstić information content (AvgIpc) is 3.58. The molecule has 0 radical (unpaired) electrons. The lowest BCUT2D eigenvalue weighted by Crippen LogP contribution is -2.36. The van der Waals surface area contributed by atoms with Crippen molar-refractivity contribution in [1.82, 2.24) is 0 Å². The molecule has 3 saturated heterocycles. The summed E-state index contributed by atoms with van der Waals surface area (Å²) in [5, 5.41) is 0. The maximum atomic E-state index is 12.1. The predicted octanol–water partition coefficient (Wildman–Crippen LogP) is 2.54. The standard InChI is InChI=1S/C21H32O7/c22-18(7-5-3-1-2-4-6-15-11-24-15)27-16-12-25-21-17(13-26-20(16)21)28-19(23)10-14-8-9-14/h14-17,20-21H,1-13H2/t15?,16-,17+,20+,21+/m0/s1. The van der Waals surface area contributed by atoms with Crippen LogP contribution in [0, 0.1) is 5.92 Å². The number of fused-ring (bicyclic) bond motifs is 1. The largest absolute Gasteiger partial charge is 0.457 e. The van der Waals surface area contributed by atoms with Gasteiger partial charge in [0.15, 0.2) is 12.2 Å². The minimum atomic E-state index is -0.400. The van der Waals surface area contributed by atoms with E-state index < -0.39 is 6.10 Å². The van der Waals surface area contributed by atoms with Gasteiger partial charge in [0.05, 0.1) is 25.9 Å². The van der Waals surface area contributed by atoms with Gasteiger partial charge in [-0.1, -0.05) is 25.7 Å². The first-order valence-electron chi connectivity index (χ1n) is 10.9. The number of epoxide rings is 1. The molecule has 4 aliphatic rings. The van der Waals surface area contributed by atoms with Gasteiger partial charge in [0.25, 0.3) is 0 Å². The summed E-state index contributed by atoms with van der Waals surface area (Å²) < 4.78 is 27.8. The first-order chi connectivity index (χ1) is 13.7. The summed E-state index contributed by atoms with van der Waals surface area (Å²) in [5.74, 6) is 0.125. The number of hydrogen-bond acceptors (Lipinski definition) is 7. The molecule has 1 aliphatic carbocycles. The molecule has 0 aromatic rings. The molecule has 4 rings (SSSR count). The van der Waals surface area contributed by atoms with Gasteiger partial charge >= 0.3 is 11.9 Å². The highest BCUT2D eigenvalue weighted by Gasteiger charge is 2.51. The van der Waals surface area contributed by atoms with Gasteiger partial charge in [-0.05, 0) is 31.6 Å². The highest BCUT2D eigenvalue weighted by Crippen LogP contribution is 2.34. The number of carbonyl (C=O) groups excluding carboxylic acids is 2. The summed E-state index contributed by atoms with van der Waals surface area (Å²) in [6, 6.07) is 0. The summed E-state index contributed by atoms with van der Waals surface area (Å²) in [7, 11) is 0. The fraction of sp³-hybridized carbons (Fsp3) is 0.905. The van der Waals surface area contributed by atoms with Crippen molar-refractivity contribution < 1.29 is 33.3 Å². The average molecular weight is 396 g/mol. The molecular formula is C21H32O7. The van der Waals surface area contributed by atoms with Crippen molar-refractivity contribution in [3.8, 4) is 0 Å². The normalized spacial score (nSPS) is 33.5. The molecule has 28 heavy (non-hydrogen) atoms. The van der Waals surface area contributed by atoms with Crippen LogP contribution >= 0.6 is 0 Å². The number of esters is 2. The molecule has 0 N–H and O–H groups in total. The Kier molecular flexibility index (Phi) is 6.86. The Hall–Kier alpha value is -1.18. The summed E-state index contributed by atoms with van der Waals surface area (Å²) in [4.78, 5) is 24.0. The highest BCUT2D eigenvalue weighted by atomic mass is 16.7. The lowest BCUT2D eigenvalue weighted by atomic mass is 10.1. The van der Waals surface area contributed by atoms with Crippen molar-refractivity contribution >= 4 is 11.9 Å². The Morgan fingerprint density at radius 2 is 1.36 bits per heavy atom. The van der Waals surface area contributed by atoms with Crippen LogP contribution < -0.4 is 0 Å². The molecule has 0 bridgehead atoms. The minimum absolute atomic E-state index is 0.176. The van der Waals surface area contributed by atoms with Gasteiger partial charge in [-0.15, -0.1) is 0 Å². The molecule has 4 fully saturated rings. The second kappa shape index (κ2) is 9.55. The zero-order valence-electron chi connectivity index (χ0n) is 16.5. The number of hydrogen-bond donors (Lipinski definition) is 0. The molecule has 0 aromatic heterocycles. The molecular weight excluding hydrogens is 364 g/mol. The summed E-state index contributed by atoms with van der Waals surface area (Å²) >= 11 is 0. The third kappa shape index (κ3) is 5.91. The predicted molar refractivity (Wildman–Crippen MR) is 98.6 cm³/mol. The molecule has 7 heteroatoms. The Bertz CT molecular complexity index is 543. The van der Waals surface area contributed by atoms with Crippen molar-refractivity contribution in [3.05, 3.63) is 0 Å². The van der Waals surface area contributed by atoms with E-state index in [-0.39, 0.29) is 30.3 Å². The Balaban J connectivity index is 1.08. The molecule has 1 saturated carbocycles. The molecule has 7 nitrogen and oxygen atoms in total. The third-order valence-electron chi connectivity index (χ3n) is 5.99. The first kappa shape index (κ1) is 20.1. The van der Waals surface area contributed by atoms with E-state index in [1.165, 1.54) is 19.3 Å². The van der Waals surface area contributed by atoms with Crippen molar-refractivity contribution in [2.75, 3.05) is 19.8 Å². The molecule has 5 atom stereocenters. The van der Waals surface area contributed by atoms with E-state index in [4.69, 9.17) is 23.7 Å². The summed E-state index contributed by atoms with van der Waals surface area (Å²) in [5.41, 5.74) is 0. The zero-order valence-corrected chi connectivity index (χ0v) is 16.5. The maximum absolute atomic E-state index is 12.1. The van der Waals surface area contributed by atoms with Crippen LogP contribution in [0.2, 0.25) is 0 Å². The van der Waals surface area contributed by atoms with Crippen LogP contribution in [0.15, 0.2) is 0 Å². The molecule has 3 heterocycles. The third-order valence-corrected chi connectivity index (χ3v) is 5.99. The van der Waals surface area contributed by atoms with E-state index in [1.807, 2.05) is 0 Å². The van der Waals surface area contributed by atoms with Crippen LogP contribution in [-0.2, 0) is 33.3 Å². The van der Waals surface area contributed by atoms with E-state index in [2.05, 4.69) is 0 Å². The quantitative estimate of drug-likeness (QED) is 0.285. The second-order valence-corrected chi connectivity index (χ2v) is 8.56. The van der Waals surface area contributed by atoms with E-state index in [0.717, 1.165) is 38.7 Å². The molecule has 0 amide bonds. The molecule has 0 aromatic carbocycles. The van der Waals surface area contributed by atoms with Gasteiger partial charge in [0.2, 0.25) is 0 Å². The van der Waals surface area contributed by atoms with E-state index in [0.29, 0.717) is 38.1 Å². The van der Waals surface area contributed by atoms with Gasteiger partial charge < -0.3 is 23.7 Å². The lowest BCUT2D eigenvalue weighted by molar-refractivity contribution is -0.155. The van der Waals surface area contributed by atoms with Crippen LogP contribution in [-0.4, -0.2) is 62.3 Å². The monoisotopic (exact) mass is 396 g/mol. The van der Waals surface area contributed by atoms with Crippen molar-refractivity contribution in [2.45, 2.75) is 94.7 Å². The summed E-state index contributed by atoms with van der Waals surface area (Å²) in [6.07, 6.45) is 8.85. The van der Waals surface area contributed by atoms with Crippen LogP contribution in [0.25, 0.3) is 0 Å². The topological polar surface area (TPSA) is 83.6 Å². The van der Waals surface area contributed by atoms with Gasteiger partial charge in [0, 0.05) is 12.8 Å². The van der Waals surface area contributed by atoms with Gasteiger partial charge in [-0.25, -0.2) is 0 Å². The lowest BCUT2D eigenvalue weighted by Gasteiger charge is -2.17. The van der Waals surface area contributed by atoms with Crippen molar-refractivity contribution in [1.29, 1.82) is 0 Å². The Morgan fingerprint density at radius 1 is 0.750 bits per heavy atom. The molecule has 158 valence electrons. The van der Waals surface area contributed by atoms with Gasteiger partial charge in [-0.3, -0.25) is 9.59 Å². The zero-order chi connectivity index (χ0) is 19.3. The fourth-order valence-corrected chi connectivity index (χ4v) is 4.04. The van der Waals surface area contributed by atoms with Crippen molar-refractivity contribution in [3.63, 3.8) is 0 Å². The first-order valence-corrected chi connectivity index (χ1v) is 10.9. The van der Waals surface area contributed by atoms with Crippen LogP contribution in [0.3, 0.4) is 0 Å². The molecule has 3 aliphatic heterocycles. The maximum Gasteiger partial charge on any atom is 0.306 e. The van der Waals surface area contributed by atoms with E-state index in [1.54, 1.807) is 0 Å². The molecule has 0 spiro atoms. The number of unbranched alkanes of at least 4 members (excludes halogenated alkanes) is 4. The van der Waals surface area contributed by atoms with Crippen molar-refractivity contribution in [2.24, 2.45) is 5.92 Å². The Morgan fingerprint density at radius 3 is 2.00 bits per heavy atom. The summed E-state index contributed by atoms with van der Waals surface area (Å²) in [6.45, 7) is 1.55. The van der Waals surface area contributed by atoms with Gasteiger partial charge in [-0.2, -0.15) is 0 Å². The van der Waals surface area contributed by atoms with Crippen LogP contribution in [0.4, 0.5) is 0 Å². The highest BCUT2D eigenvalue weighted by molar-refractivity contribution is 5.70. The smallest absolute Gasteiger partial charge is 0.306 e. The minimum Gasteiger partial charge on any atom is -0.457 e. The van der Waals surface area contributed by atoms with E-state index >= 15 is 0 Å². The molecule has 1 unspecified atom stereocenters. The Labute approximate surface area is 166 Å². The van der Waals surface area contributed by atoms with Crippen LogP contribution in [0.1, 0.15) is 64.2 Å². The SMILES string of the molecule is O=C(CCCCCCCC1CO1)O[C@H]1CO[C@H]2[C@@H]1OC[C@H]2OC(=O)CC1CC1.